The lowest BCUT2D eigenvalue weighted by molar-refractivity contribution is 1.08. The van der Waals surface area contributed by atoms with Crippen molar-refractivity contribution in [2.45, 2.75) is 0 Å². The molecule has 220 valence electrons. The Bertz CT molecular complexity index is 3170. The van der Waals surface area contributed by atoms with Crippen LogP contribution in [0, 0.1) is 11.3 Å². The molecule has 0 amide bonds. The van der Waals surface area contributed by atoms with Crippen LogP contribution in [-0.2, 0) is 0 Å². The van der Waals surface area contributed by atoms with Crippen LogP contribution < -0.4 is 0 Å². The summed E-state index contributed by atoms with van der Waals surface area (Å²) < 4.78 is 4.77. The molecular weight excluding hydrogens is 587 g/mol. The van der Waals surface area contributed by atoms with Gasteiger partial charge in [0, 0.05) is 37.9 Å². The van der Waals surface area contributed by atoms with E-state index in [2.05, 4.69) is 106 Å². The Balaban J connectivity index is 1.41. The fraction of sp³-hybridized carbons (Fsp3) is 0. The molecule has 0 aliphatic carbocycles. The van der Waals surface area contributed by atoms with Gasteiger partial charge in [-0.25, -0.2) is 9.97 Å². The van der Waals surface area contributed by atoms with E-state index in [1.165, 1.54) is 59.6 Å². The van der Waals surface area contributed by atoms with Gasteiger partial charge in [0.2, 0.25) is 0 Å². The standard InChI is InChI=1S/C43H23N5/c44-24-25-17-19-27(20-18-25)41-43(46-33-14-6-5-13-32(33)45-41)48-35-16-8-4-12-30(35)39-37(48)23-31-29-11-3-7-15-34(29)47-36-22-21-26-9-1-2-10-28(26)38(36)40(39)42(31)47/h1-23H. The zero-order chi connectivity index (χ0) is 31.5. The molecule has 0 unspecified atom stereocenters. The van der Waals surface area contributed by atoms with Gasteiger partial charge in [-0.15, -0.1) is 0 Å². The molecule has 0 atom stereocenters. The first-order valence-electron chi connectivity index (χ1n) is 16.1. The second kappa shape index (κ2) is 9.16. The highest BCUT2D eigenvalue weighted by Gasteiger charge is 2.26. The Morgan fingerprint density at radius 1 is 0.500 bits per heavy atom. The lowest BCUT2D eigenvalue weighted by atomic mass is 9.98. The predicted molar refractivity (Wildman–Crippen MR) is 196 cm³/mol. The third-order valence-electron chi connectivity index (χ3n) is 10.0. The molecule has 5 heteroatoms. The minimum Gasteiger partial charge on any atom is -0.308 e. The van der Waals surface area contributed by atoms with E-state index in [0.29, 0.717) is 5.56 Å². The van der Waals surface area contributed by atoms with Crippen molar-refractivity contribution in [3.05, 3.63) is 145 Å². The second-order valence-electron chi connectivity index (χ2n) is 12.5. The molecular formula is C43H23N5. The van der Waals surface area contributed by atoms with E-state index >= 15 is 0 Å². The average Bonchev–Trinajstić information content (AvgIpc) is 3.79. The van der Waals surface area contributed by atoms with Crippen molar-refractivity contribution in [2.24, 2.45) is 0 Å². The number of rotatable bonds is 2. The van der Waals surface area contributed by atoms with Crippen molar-refractivity contribution in [1.29, 1.82) is 5.26 Å². The molecule has 0 saturated carbocycles. The van der Waals surface area contributed by atoms with Gasteiger partial charge in [0.25, 0.3) is 0 Å². The summed E-state index contributed by atoms with van der Waals surface area (Å²) in [5.74, 6) is 0.760. The highest BCUT2D eigenvalue weighted by atomic mass is 15.1. The number of para-hydroxylation sites is 4. The van der Waals surface area contributed by atoms with Crippen molar-refractivity contribution in [1.82, 2.24) is 18.9 Å². The Hall–Kier alpha value is -6.77. The van der Waals surface area contributed by atoms with Crippen molar-refractivity contribution < 1.29 is 0 Å². The van der Waals surface area contributed by atoms with Gasteiger partial charge in [-0.3, -0.25) is 4.57 Å². The number of nitriles is 1. The normalized spacial score (nSPS) is 12.1. The first-order chi connectivity index (χ1) is 23.8. The molecule has 0 N–H and O–H groups in total. The Morgan fingerprint density at radius 3 is 1.98 bits per heavy atom. The fourth-order valence-corrected chi connectivity index (χ4v) is 8.05. The summed E-state index contributed by atoms with van der Waals surface area (Å²) in [6.07, 6.45) is 0. The topological polar surface area (TPSA) is 58.9 Å². The average molecular weight is 610 g/mol. The van der Waals surface area contributed by atoms with Crippen LogP contribution >= 0.6 is 0 Å². The molecule has 4 aromatic heterocycles. The molecule has 0 spiro atoms. The number of benzene rings is 7. The van der Waals surface area contributed by atoms with Crippen LogP contribution in [0.2, 0.25) is 0 Å². The van der Waals surface area contributed by atoms with Crippen molar-refractivity contribution >= 4 is 81.7 Å². The Morgan fingerprint density at radius 2 is 1.17 bits per heavy atom. The van der Waals surface area contributed by atoms with E-state index in [-0.39, 0.29) is 0 Å². The SMILES string of the molecule is N#Cc1ccc(-c2nc3ccccc3nc2-n2c3ccccc3c3c4c5c6ccccc6ccc5n5c6ccccc6c(cc32)c45)cc1. The third-order valence-corrected chi connectivity index (χ3v) is 10.0. The summed E-state index contributed by atoms with van der Waals surface area (Å²) in [5, 5.41) is 19.3. The molecule has 11 aromatic rings. The zero-order valence-corrected chi connectivity index (χ0v) is 25.5. The number of fused-ring (bicyclic) bond motifs is 13. The molecule has 11 rings (SSSR count). The van der Waals surface area contributed by atoms with Gasteiger partial charge >= 0.3 is 0 Å². The smallest absolute Gasteiger partial charge is 0.165 e. The number of aromatic nitrogens is 4. The molecule has 4 heterocycles. The maximum atomic E-state index is 9.53. The van der Waals surface area contributed by atoms with Crippen LogP contribution in [0.4, 0.5) is 0 Å². The van der Waals surface area contributed by atoms with Gasteiger partial charge in [0.1, 0.15) is 5.69 Å². The van der Waals surface area contributed by atoms with Gasteiger partial charge in [-0.2, -0.15) is 5.26 Å². The van der Waals surface area contributed by atoms with Gasteiger partial charge in [-0.1, -0.05) is 91.0 Å². The molecule has 48 heavy (non-hydrogen) atoms. The summed E-state index contributed by atoms with van der Waals surface area (Å²) in [6, 6.07) is 50.9. The van der Waals surface area contributed by atoms with Crippen LogP contribution in [0.3, 0.4) is 0 Å². The Kier molecular flexibility index (Phi) is 4.85. The highest BCUT2D eigenvalue weighted by molar-refractivity contribution is 6.38. The quantitative estimate of drug-likeness (QED) is 0.196. The largest absolute Gasteiger partial charge is 0.308 e. The monoisotopic (exact) mass is 609 g/mol. The molecule has 0 aliphatic rings. The molecule has 7 aromatic carbocycles. The van der Waals surface area contributed by atoms with Gasteiger partial charge in [0.05, 0.1) is 50.2 Å². The van der Waals surface area contributed by atoms with E-state index in [9.17, 15) is 5.26 Å². The maximum Gasteiger partial charge on any atom is 0.165 e. The molecule has 0 aliphatic heterocycles. The van der Waals surface area contributed by atoms with E-state index in [1.54, 1.807) is 0 Å². The summed E-state index contributed by atoms with van der Waals surface area (Å²) in [4.78, 5) is 10.6. The summed E-state index contributed by atoms with van der Waals surface area (Å²) in [7, 11) is 0. The van der Waals surface area contributed by atoms with E-state index in [0.717, 1.165) is 39.1 Å². The van der Waals surface area contributed by atoms with Crippen molar-refractivity contribution in [2.75, 3.05) is 0 Å². The summed E-state index contributed by atoms with van der Waals surface area (Å²) in [5.41, 5.74) is 9.76. The van der Waals surface area contributed by atoms with Crippen molar-refractivity contribution in [3.8, 4) is 23.1 Å². The molecule has 0 radical (unpaired) electrons. The van der Waals surface area contributed by atoms with Gasteiger partial charge in [-0.05, 0) is 59.3 Å². The van der Waals surface area contributed by atoms with E-state index < -0.39 is 0 Å². The fourth-order valence-electron chi connectivity index (χ4n) is 8.05. The first-order valence-corrected chi connectivity index (χ1v) is 16.1. The molecule has 0 fully saturated rings. The molecule has 5 nitrogen and oxygen atoms in total. The summed E-state index contributed by atoms with van der Waals surface area (Å²) >= 11 is 0. The van der Waals surface area contributed by atoms with Crippen LogP contribution in [-0.4, -0.2) is 18.9 Å². The maximum absolute atomic E-state index is 9.53. The van der Waals surface area contributed by atoms with E-state index in [4.69, 9.17) is 9.97 Å². The number of nitrogens with zero attached hydrogens (tertiary/aromatic N) is 5. The van der Waals surface area contributed by atoms with Gasteiger partial charge in [0.15, 0.2) is 5.82 Å². The minimum atomic E-state index is 0.610. The third kappa shape index (κ3) is 3.18. The number of hydrogen-bond acceptors (Lipinski definition) is 3. The number of hydrogen-bond donors (Lipinski definition) is 0. The molecule has 0 saturated heterocycles. The zero-order valence-electron chi connectivity index (χ0n) is 25.5. The summed E-state index contributed by atoms with van der Waals surface area (Å²) in [6.45, 7) is 0. The van der Waals surface area contributed by atoms with Crippen LogP contribution in [0.1, 0.15) is 5.56 Å². The molecule has 0 bridgehead atoms. The van der Waals surface area contributed by atoms with Crippen LogP contribution in [0.15, 0.2) is 140 Å². The van der Waals surface area contributed by atoms with Crippen LogP contribution in [0.25, 0.3) is 98.8 Å². The predicted octanol–water partition coefficient (Wildman–Crippen LogP) is 10.6. The van der Waals surface area contributed by atoms with Crippen molar-refractivity contribution in [3.63, 3.8) is 0 Å². The van der Waals surface area contributed by atoms with E-state index in [1.807, 2.05) is 48.5 Å². The lowest BCUT2D eigenvalue weighted by Gasteiger charge is -2.14. The van der Waals surface area contributed by atoms with Gasteiger partial charge < -0.3 is 4.40 Å². The lowest BCUT2D eigenvalue weighted by Crippen LogP contribution is -2.03. The second-order valence-corrected chi connectivity index (χ2v) is 12.5. The highest BCUT2D eigenvalue weighted by Crippen LogP contribution is 2.48. The Labute approximate surface area is 273 Å². The first kappa shape index (κ1) is 25.4. The van der Waals surface area contributed by atoms with Crippen LogP contribution in [0.5, 0.6) is 0 Å². The minimum absolute atomic E-state index is 0.610.